The molecule has 1 fully saturated rings. The minimum absolute atomic E-state index is 0.285. The van der Waals surface area contributed by atoms with E-state index in [0.29, 0.717) is 18.5 Å². The average Bonchev–Trinajstić information content (AvgIpc) is 2.02. The van der Waals surface area contributed by atoms with Gasteiger partial charge in [-0.2, -0.15) is 0 Å². The first-order valence-corrected chi connectivity index (χ1v) is 5.06. The van der Waals surface area contributed by atoms with Crippen LogP contribution in [0.15, 0.2) is 0 Å². The molecule has 0 bridgehead atoms. The van der Waals surface area contributed by atoms with Crippen molar-refractivity contribution in [2.75, 3.05) is 20.1 Å². The molecule has 0 aromatic heterocycles. The van der Waals surface area contributed by atoms with Crippen LogP contribution in [0.5, 0.6) is 0 Å². The Morgan fingerprint density at radius 1 is 1.31 bits per heavy atom. The zero-order valence-electron chi connectivity index (χ0n) is 9.08. The van der Waals surface area contributed by atoms with E-state index in [0.717, 1.165) is 13.1 Å². The van der Waals surface area contributed by atoms with E-state index in [1.54, 1.807) is 0 Å². The van der Waals surface area contributed by atoms with Gasteiger partial charge in [0.2, 0.25) is 5.91 Å². The number of hydrogen-bond acceptors (Lipinski definition) is 2. The van der Waals surface area contributed by atoms with E-state index in [9.17, 15) is 4.79 Å². The second-order valence-electron chi connectivity index (χ2n) is 4.07. The monoisotopic (exact) mass is 184 g/mol. The molecule has 2 atom stereocenters. The van der Waals surface area contributed by atoms with Crippen LogP contribution in [0, 0.1) is 0 Å². The van der Waals surface area contributed by atoms with Crippen LogP contribution in [0.1, 0.15) is 27.2 Å². The van der Waals surface area contributed by atoms with E-state index in [1.807, 2.05) is 11.8 Å². The molecule has 1 amide bonds. The van der Waals surface area contributed by atoms with Crippen molar-refractivity contribution < 1.29 is 4.79 Å². The van der Waals surface area contributed by atoms with Crippen molar-refractivity contribution in [3.8, 4) is 0 Å². The highest BCUT2D eigenvalue weighted by Gasteiger charge is 2.29. The van der Waals surface area contributed by atoms with Gasteiger partial charge in [-0.15, -0.1) is 0 Å². The molecule has 0 aliphatic carbocycles. The van der Waals surface area contributed by atoms with Crippen LogP contribution in [-0.2, 0) is 4.79 Å². The van der Waals surface area contributed by atoms with Crippen molar-refractivity contribution in [2.45, 2.75) is 39.3 Å². The molecule has 1 aliphatic heterocycles. The lowest BCUT2D eigenvalue weighted by atomic mass is 10.1. The zero-order chi connectivity index (χ0) is 10.0. The normalized spacial score (nSPS) is 30.6. The molecular weight excluding hydrogens is 164 g/mol. The fraction of sp³-hybridized carbons (Fsp3) is 0.900. The van der Waals surface area contributed by atoms with Crippen molar-refractivity contribution >= 4 is 5.91 Å². The van der Waals surface area contributed by atoms with Crippen LogP contribution < -0.4 is 0 Å². The molecule has 1 aliphatic rings. The third kappa shape index (κ3) is 2.21. The SMILES string of the molecule is CCC(=O)N1C(C)CN(C)CC1C. The van der Waals surface area contributed by atoms with Gasteiger partial charge in [-0.1, -0.05) is 6.92 Å². The Kier molecular flexibility index (Phi) is 3.31. The van der Waals surface area contributed by atoms with E-state index in [-0.39, 0.29) is 5.91 Å². The van der Waals surface area contributed by atoms with E-state index >= 15 is 0 Å². The van der Waals surface area contributed by atoms with Crippen molar-refractivity contribution in [1.82, 2.24) is 9.80 Å². The Bertz CT molecular complexity index is 181. The lowest BCUT2D eigenvalue weighted by molar-refractivity contribution is -0.138. The van der Waals surface area contributed by atoms with Gasteiger partial charge in [-0.3, -0.25) is 4.79 Å². The lowest BCUT2D eigenvalue weighted by Gasteiger charge is -2.43. The molecule has 13 heavy (non-hydrogen) atoms. The first-order chi connectivity index (χ1) is 6.06. The highest BCUT2D eigenvalue weighted by molar-refractivity contribution is 5.76. The summed E-state index contributed by atoms with van der Waals surface area (Å²) in [5, 5.41) is 0. The molecule has 3 nitrogen and oxygen atoms in total. The Balaban J connectivity index is 2.66. The molecule has 3 heteroatoms. The molecule has 0 spiro atoms. The van der Waals surface area contributed by atoms with Gasteiger partial charge in [0.25, 0.3) is 0 Å². The number of hydrogen-bond donors (Lipinski definition) is 0. The number of nitrogens with zero attached hydrogens (tertiary/aromatic N) is 2. The lowest BCUT2D eigenvalue weighted by Crippen LogP contribution is -2.57. The first-order valence-electron chi connectivity index (χ1n) is 5.06. The van der Waals surface area contributed by atoms with Crippen LogP contribution in [-0.4, -0.2) is 47.9 Å². The van der Waals surface area contributed by atoms with Gasteiger partial charge in [0, 0.05) is 31.6 Å². The second-order valence-corrected chi connectivity index (χ2v) is 4.07. The van der Waals surface area contributed by atoms with Crippen molar-refractivity contribution in [3.63, 3.8) is 0 Å². The summed E-state index contributed by atoms with van der Waals surface area (Å²) in [5.74, 6) is 0.285. The average molecular weight is 184 g/mol. The summed E-state index contributed by atoms with van der Waals surface area (Å²) in [6, 6.07) is 0.724. The summed E-state index contributed by atoms with van der Waals surface area (Å²) in [5.41, 5.74) is 0. The minimum Gasteiger partial charge on any atom is -0.335 e. The number of carbonyl (C=O) groups excluding carboxylic acids is 1. The molecule has 76 valence electrons. The van der Waals surface area contributed by atoms with E-state index in [4.69, 9.17) is 0 Å². The molecule has 1 rings (SSSR count). The van der Waals surface area contributed by atoms with Gasteiger partial charge in [-0.25, -0.2) is 0 Å². The van der Waals surface area contributed by atoms with Crippen LogP contribution in [0.3, 0.4) is 0 Å². The zero-order valence-corrected chi connectivity index (χ0v) is 9.08. The van der Waals surface area contributed by atoms with Gasteiger partial charge in [0.1, 0.15) is 0 Å². The fourth-order valence-corrected chi connectivity index (χ4v) is 2.26. The van der Waals surface area contributed by atoms with Gasteiger partial charge >= 0.3 is 0 Å². The van der Waals surface area contributed by atoms with Crippen molar-refractivity contribution in [1.29, 1.82) is 0 Å². The molecule has 0 radical (unpaired) electrons. The maximum Gasteiger partial charge on any atom is 0.222 e. The number of carbonyl (C=O) groups is 1. The quantitative estimate of drug-likeness (QED) is 0.605. The Labute approximate surface area is 80.7 Å². The molecule has 1 saturated heterocycles. The van der Waals surface area contributed by atoms with E-state index in [2.05, 4.69) is 25.8 Å². The Hall–Kier alpha value is -0.570. The standard InChI is InChI=1S/C10H20N2O/c1-5-10(13)12-8(2)6-11(4)7-9(12)3/h8-9H,5-7H2,1-4H3. The van der Waals surface area contributed by atoms with Gasteiger partial charge in [0.15, 0.2) is 0 Å². The maximum absolute atomic E-state index is 11.6. The number of piperazine rings is 1. The smallest absolute Gasteiger partial charge is 0.222 e. The van der Waals surface area contributed by atoms with Crippen LogP contribution in [0.4, 0.5) is 0 Å². The van der Waals surface area contributed by atoms with Gasteiger partial charge < -0.3 is 9.80 Å². The molecule has 0 saturated carbocycles. The molecule has 0 aromatic carbocycles. The Morgan fingerprint density at radius 2 is 1.77 bits per heavy atom. The number of amides is 1. The molecule has 0 N–H and O–H groups in total. The summed E-state index contributed by atoms with van der Waals surface area (Å²) in [7, 11) is 2.11. The third-order valence-corrected chi connectivity index (χ3v) is 2.69. The fourth-order valence-electron chi connectivity index (χ4n) is 2.26. The molecule has 0 aromatic rings. The predicted octanol–water partition coefficient (Wildman–Crippen LogP) is 0.947. The summed E-state index contributed by atoms with van der Waals surface area (Å²) in [6.45, 7) is 8.17. The third-order valence-electron chi connectivity index (χ3n) is 2.69. The van der Waals surface area contributed by atoms with E-state index in [1.165, 1.54) is 0 Å². The Morgan fingerprint density at radius 3 is 2.15 bits per heavy atom. The van der Waals surface area contributed by atoms with Gasteiger partial charge in [0.05, 0.1) is 0 Å². The highest BCUT2D eigenvalue weighted by Crippen LogP contribution is 2.15. The summed E-state index contributed by atoms with van der Waals surface area (Å²) < 4.78 is 0. The first kappa shape index (κ1) is 10.5. The predicted molar refractivity (Wildman–Crippen MR) is 53.6 cm³/mol. The molecular formula is C10H20N2O. The minimum atomic E-state index is 0.285. The summed E-state index contributed by atoms with van der Waals surface area (Å²) >= 11 is 0. The van der Waals surface area contributed by atoms with Gasteiger partial charge in [-0.05, 0) is 20.9 Å². The van der Waals surface area contributed by atoms with Crippen LogP contribution in [0.25, 0.3) is 0 Å². The van der Waals surface area contributed by atoms with E-state index < -0.39 is 0 Å². The topological polar surface area (TPSA) is 23.6 Å². The van der Waals surface area contributed by atoms with Crippen molar-refractivity contribution in [3.05, 3.63) is 0 Å². The van der Waals surface area contributed by atoms with Crippen molar-refractivity contribution in [2.24, 2.45) is 0 Å². The maximum atomic E-state index is 11.6. The summed E-state index contributed by atoms with van der Waals surface area (Å²) in [4.78, 5) is 15.9. The van der Waals surface area contributed by atoms with Crippen LogP contribution in [0.2, 0.25) is 0 Å². The second kappa shape index (κ2) is 4.09. The molecule has 2 unspecified atom stereocenters. The largest absolute Gasteiger partial charge is 0.335 e. The summed E-state index contributed by atoms with van der Waals surface area (Å²) in [6.07, 6.45) is 0.623. The highest BCUT2D eigenvalue weighted by atomic mass is 16.2. The number of rotatable bonds is 1. The van der Waals surface area contributed by atoms with Crippen LogP contribution >= 0.6 is 0 Å². The number of likely N-dealkylation sites (N-methyl/N-ethyl adjacent to an activating group) is 1. The molecule has 1 heterocycles.